The van der Waals surface area contributed by atoms with E-state index >= 15 is 0 Å². The van der Waals surface area contributed by atoms with Gasteiger partial charge in [-0.25, -0.2) is 9.78 Å². The van der Waals surface area contributed by atoms with Gasteiger partial charge in [0.15, 0.2) is 6.10 Å². The zero-order valence-corrected chi connectivity index (χ0v) is 23.7. The van der Waals surface area contributed by atoms with Crippen molar-refractivity contribution < 1.29 is 23.9 Å². The second kappa shape index (κ2) is 10.7. The number of pyridine rings is 1. The number of esters is 1. The lowest BCUT2D eigenvalue weighted by molar-refractivity contribution is -0.123. The summed E-state index contributed by atoms with van der Waals surface area (Å²) < 4.78 is 5.86. The summed E-state index contributed by atoms with van der Waals surface area (Å²) in [4.78, 5) is 59.5. The number of ether oxygens (including phenoxy) is 1. The lowest BCUT2D eigenvalue weighted by Gasteiger charge is -2.18. The molecule has 214 valence electrons. The molecule has 2 aliphatic carbocycles. The van der Waals surface area contributed by atoms with Crippen molar-refractivity contribution in [1.29, 1.82) is 0 Å². The largest absolute Gasteiger partial charge is 0.450 e. The van der Waals surface area contributed by atoms with Gasteiger partial charge >= 0.3 is 5.97 Å². The number of benzene rings is 3. The normalized spacial score (nSPS) is 22.7. The van der Waals surface area contributed by atoms with Crippen LogP contribution >= 0.6 is 0 Å². The number of allylic oxidation sites excluding steroid dienone is 2. The van der Waals surface area contributed by atoms with Crippen molar-refractivity contribution in [2.45, 2.75) is 32.3 Å². The van der Waals surface area contributed by atoms with Crippen LogP contribution in [0.25, 0.3) is 22.2 Å². The van der Waals surface area contributed by atoms with Gasteiger partial charge in [-0.15, -0.1) is 0 Å². The van der Waals surface area contributed by atoms with Gasteiger partial charge in [-0.1, -0.05) is 86.2 Å². The zero-order chi connectivity index (χ0) is 29.7. The minimum atomic E-state index is -0.907. The van der Waals surface area contributed by atoms with Crippen LogP contribution in [0.2, 0.25) is 0 Å². The molecule has 0 radical (unpaired) electrons. The van der Waals surface area contributed by atoms with Crippen LogP contribution < -0.4 is 4.90 Å². The zero-order valence-electron chi connectivity index (χ0n) is 23.7. The molecule has 1 saturated carbocycles. The topological polar surface area (TPSA) is 93.6 Å². The number of fused-ring (bicyclic) bond motifs is 6. The summed E-state index contributed by atoms with van der Waals surface area (Å²) in [6, 6.07) is 25.0. The number of hydrogen-bond donors (Lipinski definition) is 0. The van der Waals surface area contributed by atoms with E-state index in [1.807, 2.05) is 49.4 Å². The Bertz CT molecular complexity index is 1770. The van der Waals surface area contributed by atoms with Crippen LogP contribution in [0, 0.1) is 23.7 Å². The number of Topliss-reactive ketones (excluding diaryl/α,β-unsaturated/α-hetero) is 1. The molecule has 7 heteroatoms. The van der Waals surface area contributed by atoms with E-state index in [9.17, 15) is 19.2 Å². The minimum absolute atomic E-state index is 0.125. The lowest BCUT2D eigenvalue weighted by atomic mass is 9.85. The molecule has 3 aliphatic rings. The molecule has 2 amide bonds. The van der Waals surface area contributed by atoms with Crippen molar-refractivity contribution in [3.8, 4) is 11.3 Å². The Hall–Kier alpha value is -4.91. The molecular weight excluding hydrogens is 540 g/mol. The van der Waals surface area contributed by atoms with E-state index in [4.69, 9.17) is 9.72 Å². The van der Waals surface area contributed by atoms with Crippen LogP contribution in [0.1, 0.15) is 46.9 Å². The van der Waals surface area contributed by atoms with Gasteiger partial charge in [-0.05, 0) is 48.9 Å². The first-order chi connectivity index (χ1) is 20.9. The van der Waals surface area contributed by atoms with Crippen LogP contribution in [0.4, 0.5) is 5.69 Å². The van der Waals surface area contributed by atoms with E-state index < -0.39 is 12.1 Å². The van der Waals surface area contributed by atoms with Crippen molar-refractivity contribution in [2.75, 3.05) is 4.90 Å². The highest BCUT2D eigenvalue weighted by Gasteiger charge is 2.59. The smallest absolute Gasteiger partial charge is 0.339 e. The number of rotatable bonds is 8. The maximum absolute atomic E-state index is 13.6. The summed E-state index contributed by atoms with van der Waals surface area (Å²) >= 11 is 0. The predicted octanol–water partition coefficient (Wildman–Crippen LogP) is 6.42. The van der Waals surface area contributed by atoms with Crippen LogP contribution in [0.5, 0.6) is 0 Å². The van der Waals surface area contributed by atoms with Gasteiger partial charge in [0.25, 0.3) is 0 Å². The summed E-state index contributed by atoms with van der Waals surface area (Å²) in [5, 5.41) is 0.623. The second-order valence-electron chi connectivity index (χ2n) is 11.5. The van der Waals surface area contributed by atoms with Crippen molar-refractivity contribution >= 4 is 40.2 Å². The third kappa shape index (κ3) is 4.56. The molecule has 1 saturated heterocycles. The van der Waals surface area contributed by atoms with E-state index in [1.54, 1.807) is 42.5 Å². The molecule has 1 aliphatic heterocycles. The van der Waals surface area contributed by atoms with E-state index in [-0.39, 0.29) is 41.3 Å². The fourth-order valence-electron chi connectivity index (χ4n) is 6.92. The molecule has 7 nitrogen and oxygen atoms in total. The summed E-state index contributed by atoms with van der Waals surface area (Å²) in [7, 11) is 0. The van der Waals surface area contributed by atoms with Crippen LogP contribution in [-0.4, -0.2) is 34.7 Å². The number of imide groups is 1. The Balaban J connectivity index is 1.18. The van der Waals surface area contributed by atoms with Crippen LogP contribution in [0.3, 0.4) is 0 Å². The van der Waals surface area contributed by atoms with E-state index in [0.717, 1.165) is 12.0 Å². The monoisotopic (exact) mass is 570 g/mol. The first kappa shape index (κ1) is 27.0. The number of para-hydroxylation sites is 1. The number of carbonyl (C=O) groups excluding carboxylic acids is 4. The molecule has 5 atom stereocenters. The molecule has 4 aromatic rings. The average molecular weight is 571 g/mol. The maximum atomic E-state index is 13.6. The molecule has 0 spiro atoms. The molecule has 2 bridgehead atoms. The van der Waals surface area contributed by atoms with Crippen LogP contribution in [0.15, 0.2) is 97.1 Å². The molecule has 3 aromatic carbocycles. The van der Waals surface area contributed by atoms with Gasteiger partial charge in [0, 0.05) is 16.5 Å². The van der Waals surface area contributed by atoms with Gasteiger partial charge in [0.2, 0.25) is 17.6 Å². The van der Waals surface area contributed by atoms with Crippen molar-refractivity contribution in [3.05, 3.63) is 108 Å². The van der Waals surface area contributed by atoms with Gasteiger partial charge < -0.3 is 4.74 Å². The fourth-order valence-corrected chi connectivity index (χ4v) is 6.92. The average Bonchev–Trinajstić information content (AvgIpc) is 3.73. The number of hydrogen-bond acceptors (Lipinski definition) is 6. The lowest BCUT2D eigenvalue weighted by Crippen LogP contribution is -2.32. The number of ketones is 1. The van der Waals surface area contributed by atoms with Gasteiger partial charge in [0.1, 0.15) is 0 Å². The quantitative estimate of drug-likeness (QED) is 0.105. The Labute approximate surface area is 249 Å². The van der Waals surface area contributed by atoms with Gasteiger partial charge in [-0.2, -0.15) is 0 Å². The van der Waals surface area contributed by atoms with Crippen LogP contribution in [-0.2, 0) is 14.3 Å². The molecule has 2 fully saturated rings. The minimum Gasteiger partial charge on any atom is -0.450 e. The number of carbonyl (C=O) groups is 4. The standard InChI is InChI=1S/C36H30N2O5/c1-2-8-30(33(39)22-9-4-3-5-10-22)43-36(42)27-20-29(37-28-12-7-6-11-26(27)28)21-15-17-25(18-16-21)38-34(40)31-23-13-14-24(19-23)32(31)35(38)41/h3-7,9-18,20,23-24,30-32H,2,8,19H2,1H3. The van der Waals surface area contributed by atoms with Gasteiger partial charge in [0.05, 0.1) is 34.3 Å². The number of aromatic nitrogens is 1. The molecule has 5 unspecified atom stereocenters. The molecule has 1 aromatic heterocycles. The highest BCUT2D eigenvalue weighted by atomic mass is 16.5. The molecule has 0 N–H and O–H groups in total. The maximum Gasteiger partial charge on any atom is 0.339 e. The van der Waals surface area contributed by atoms with E-state index in [2.05, 4.69) is 12.2 Å². The summed E-state index contributed by atoms with van der Waals surface area (Å²) in [6.07, 6.45) is 5.22. The van der Waals surface area contributed by atoms with Crippen molar-refractivity contribution in [3.63, 3.8) is 0 Å². The SMILES string of the molecule is CCCC(OC(=O)c1cc(-c2ccc(N3C(=O)C4C5C=CC(C5)C4C3=O)cc2)nc2ccccc12)C(=O)c1ccccc1. The number of amides is 2. The van der Waals surface area contributed by atoms with Crippen molar-refractivity contribution in [2.24, 2.45) is 23.7 Å². The van der Waals surface area contributed by atoms with E-state index in [0.29, 0.717) is 46.3 Å². The predicted molar refractivity (Wildman–Crippen MR) is 162 cm³/mol. The Kier molecular flexibility index (Phi) is 6.73. The van der Waals surface area contributed by atoms with Crippen molar-refractivity contribution in [1.82, 2.24) is 4.98 Å². The summed E-state index contributed by atoms with van der Waals surface area (Å²) in [5.74, 6) is -1.30. The molecule has 43 heavy (non-hydrogen) atoms. The highest BCUT2D eigenvalue weighted by Crippen LogP contribution is 2.53. The van der Waals surface area contributed by atoms with Gasteiger partial charge in [-0.3, -0.25) is 19.3 Å². The Morgan fingerprint density at radius 2 is 1.53 bits per heavy atom. The molecule has 7 rings (SSSR count). The number of anilines is 1. The summed E-state index contributed by atoms with van der Waals surface area (Å²) in [6.45, 7) is 1.94. The Morgan fingerprint density at radius 3 is 2.21 bits per heavy atom. The molecular formula is C36H30N2O5. The third-order valence-corrected chi connectivity index (χ3v) is 8.98. The number of nitrogens with zero attached hydrogens (tertiary/aromatic N) is 2. The Morgan fingerprint density at radius 1 is 0.884 bits per heavy atom. The first-order valence-corrected chi connectivity index (χ1v) is 14.8. The second-order valence-corrected chi connectivity index (χ2v) is 11.5. The summed E-state index contributed by atoms with van der Waals surface area (Å²) in [5.41, 5.74) is 3.21. The highest BCUT2D eigenvalue weighted by molar-refractivity contribution is 6.22. The van der Waals surface area contributed by atoms with E-state index in [1.165, 1.54) is 4.90 Å². The third-order valence-electron chi connectivity index (χ3n) is 8.98. The fraction of sp³-hybridized carbons (Fsp3) is 0.250. The first-order valence-electron chi connectivity index (χ1n) is 14.8. The molecule has 2 heterocycles.